The van der Waals surface area contributed by atoms with Gasteiger partial charge in [-0.25, -0.2) is 0 Å². The van der Waals surface area contributed by atoms with Crippen LogP contribution in [-0.2, 0) is 28.6 Å². The molecule has 1 unspecified atom stereocenters. The summed E-state index contributed by atoms with van der Waals surface area (Å²) in [4.78, 5) is 38.3. The SMILES string of the molecule is CC/C=C\C/C=C\C/C=C\C/C=C\C/C=C\C/C=C\C/C=C\CCCCCCCCCCCCCC(=O)OCC(COC(=O)CCCCCCC/C=C\CCCCC)OC(=O)CCCCCCCC/C=C\C/C=C\C/C=C\CCCCC. The van der Waals surface area contributed by atoms with Crippen molar-refractivity contribution in [3.63, 3.8) is 0 Å². The van der Waals surface area contributed by atoms with Crippen molar-refractivity contribution in [2.75, 3.05) is 13.2 Å². The second-order valence-electron chi connectivity index (χ2n) is 22.3. The second kappa shape index (κ2) is 69.0. The monoisotopic (exact) mass is 1130 g/mol. The predicted molar refractivity (Wildman–Crippen MR) is 357 cm³/mol. The first-order valence-electron chi connectivity index (χ1n) is 34.2. The maximum atomic E-state index is 12.9. The van der Waals surface area contributed by atoms with Crippen LogP contribution in [0.1, 0.15) is 310 Å². The lowest BCUT2D eigenvalue weighted by Crippen LogP contribution is -2.30. The smallest absolute Gasteiger partial charge is 0.306 e. The molecular weight excluding hydrogens is 1010 g/mol. The molecule has 0 spiro atoms. The van der Waals surface area contributed by atoms with E-state index in [2.05, 4.69) is 154 Å². The number of ether oxygens (including phenoxy) is 3. The van der Waals surface area contributed by atoms with Gasteiger partial charge in [0.1, 0.15) is 13.2 Å². The molecule has 82 heavy (non-hydrogen) atoms. The average molecular weight is 1140 g/mol. The summed E-state index contributed by atoms with van der Waals surface area (Å²) in [7, 11) is 0. The lowest BCUT2D eigenvalue weighted by Gasteiger charge is -2.18. The molecule has 1 atom stereocenters. The van der Waals surface area contributed by atoms with E-state index in [1.807, 2.05) is 0 Å². The van der Waals surface area contributed by atoms with Crippen LogP contribution in [0, 0.1) is 0 Å². The van der Waals surface area contributed by atoms with Crippen LogP contribution in [0.3, 0.4) is 0 Å². The fraction of sp³-hybridized carbons (Fsp3) is 0.671. The van der Waals surface area contributed by atoms with Crippen LogP contribution in [0.2, 0.25) is 0 Å². The van der Waals surface area contributed by atoms with Crippen LogP contribution >= 0.6 is 0 Å². The molecule has 6 heteroatoms. The molecule has 0 radical (unpaired) electrons. The van der Waals surface area contributed by atoms with Crippen molar-refractivity contribution < 1.29 is 28.6 Å². The van der Waals surface area contributed by atoms with E-state index in [9.17, 15) is 14.4 Å². The molecule has 6 nitrogen and oxygen atoms in total. The van der Waals surface area contributed by atoms with Crippen molar-refractivity contribution in [3.05, 3.63) is 134 Å². The molecule has 0 N–H and O–H groups in total. The Morgan fingerprint density at radius 1 is 0.256 bits per heavy atom. The maximum absolute atomic E-state index is 12.9. The van der Waals surface area contributed by atoms with E-state index >= 15 is 0 Å². The van der Waals surface area contributed by atoms with Crippen LogP contribution in [0.4, 0.5) is 0 Å². The highest BCUT2D eigenvalue weighted by Gasteiger charge is 2.19. The highest BCUT2D eigenvalue weighted by Crippen LogP contribution is 2.16. The summed E-state index contributed by atoms with van der Waals surface area (Å²) >= 11 is 0. The van der Waals surface area contributed by atoms with E-state index in [-0.39, 0.29) is 31.1 Å². The van der Waals surface area contributed by atoms with Crippen LogP contribution in [0.25, 0.3) is 0 Å². The molecule has 466 valence electrons. The highest BCUT2D eigenvalue weighted by atomic mass is 16.6. The largest absolute Gasteiger partial charge is 0.462 e. The zero-order valence-corrected chi connectivity index (χ0v) is 53.5. The molecule has 0 amide bonds. The number of carbonyl (C=O) groups is 3. The number of rotatable bonds is 61. The Morgan fingerprint density at radius 2 is 0.476 bits per heavy atom. The Bertz CT molecular complexity index is 1730. The minimum Gasteiger partial charge on any atom is -0.462 e. The minimum absolute atomic E-state index is 0.0893. The standard InChI is InChI=1S/C76H126O6/c1-4-7-10-13-16-19-22-25-27-29-31-32-33-34-35-36-37-38-39-40-41-42-43-44-46-47-49-51-54-57-60-63-66-69-75(78)81-72-73(71-80-74(77)68-65-62-59-56-53-24-21-18-15-12-9-6-3)82-76(79)70-67-64-61-58-55-52-50-48-45-30-28-26-23-20-17-14-11-8-5-2/h7,10,16-21,25-28,31-32,34-35,37-38,40-41,45,48,73H,4-6,8-9,11-15,22-24,29-30,33,36,39,42-44,46-47,49-72H2,1-3H3/b10-7-,19-16-,20-17-,21-18-,27-25-,28-26-,32-31-,35-34-,38-37-,41-40-,48-45-. The normalized spacial score (nSPS) is 13.0. The van der Waals surface area contributed by atoms with Gasteiger partial charge in [0.25, 0.3) is 0 Å². The summed E-state index contributed by atoms with van der Waals surface area (Å²) < 4.78 is 16.9. The molecule has 0 saturated heterocycles. The zero-order valence-electron chi connectivity index (χ0n) is 53.5. The number of hydrogen-bond acceptors (Lipinski definition) is 6. The number of esters is 3. The maximum Gasteiger partial charge on any atom is 0.306 e. The predicted octanol–water partition coefficient (Wildman–Crippen LogP) is 23.7. The molecule has 0 heterocycles. The van der Waals surface area contributed by atoms with E-state index in [0.29, 0.717) is 19.3 Å². The van der Waals surface area contributed by atoms with Gasteiger partial charge in [0.15, 0.2) is 6.10 Å². The molecular formula is C76H126O6. The van der Waals surface area contributed by atoms with Gasteiger partial charge in [0, 0.05) is 19.3 Å². The first-order valence-corrected chi connectivity index (χ1v) is 34.2. The van der Waals surface area contributed by atoms with Gasteiger partial charge in [0.2, 0.25) is 0 Å². The summed E-state index contributed by atoms with van der Waals surface area (Å²) in [6.07, 6.45) is 97.5. The molecule has 0 aromatic rings. The first-order chi connectivity index (χ1) is 40.5. The van der Waals surface area contributed by atoms with E-state index in [0.717, 1.165) is 135 Å². The molecule has 0 aromatic heterocycles. The fourth-order valence-electron chi connectivity index (χ4n) is 9.25. The van der Waals surface area contributed by atoms with Crippen molar-refractivity contribution in [1.82, 2.24) is 0 Å². The highest BCUT2D eigenvalue weighted by molar-refractivity contribution is 5.71. The minimum atomic E-state index is -0.794. The van der Waals surface area contributed by atoms with Crippen LogP contribution < -0.4 is 0 Å². The molecule has 0 aliphatic carbocycles. The zero-order chi connectivity index (χ0) is 59.2. The number of hydrogen-bond donors (Lipinski definition) is 0. The van der Waals surface area contributed by atoms with Crippen LogP contribution in [-0.4, -0.2) is 37.2 Å². The van der Waals surface area contributed by atoms with Crippen molar-refractivity contribution >= 4 is 17.9 Å². The molecule has 0 rings (SSSR count). The third-order valence-corrected chi connectivity index (χ3v) is 14.4. The fourth-order valence-corrected chi connectivity index (χ4v) is 9.25. The quantitative estimate of drug-likeness (QED) is 0.0261. The topological polar surface area (TPSA) is 78.9 Å². The van der Waals surface area contributed by atoms with Gasteiger partial charge in [-0.05, 0) is 141 Å². The van der Waals surface area contributed by atoms with E-state index < -0.39 is 6.10 Å². The Morgan fingerprint density at radius 3 is 0.756 bits per heavy atom. The molecule has 0 aliphatic heterocycles. The second-order valence-corrected chi connectivity index (χ2v) is 22.3. The summed E-state index contributed by atoms with van der Waals surface area (Å²) in [6.45, 7) is 6.47. The van der Waals surface area contributed by atoms with Crippen molar-refractivity contribution in [2.45, 2.75) is 316 Å². The number of unbranched alkanes of at least 4 members (excludes halogenated alkanes) is 28. The van der Waals surface area contributed by atoms with Gasteiger partial charge in [-0.2, -0.15) is 0 Å². The Labute approximate surface area is 506 Å². The third kappa shape index (κ3) is 66.4. The van der Waals surface area contributed by atoms with Crippen LogP contribution in [0.5, 0.6) is 0 Å². The van der Waals surface area contributed by atoms with Gasteiger partial charge in [0.05, 0.1) is 0 Å². The molecule has 0 aliphatic rings. The van der Waals surface area contributed by atoms with Gasteiger partial charge >= 0.3 is 17.9 Å². The lowest BCUT2D eigenvalue weighted by atomic mass is 10.0. The molecule has 0 saturated carbocycles. The van der Waals surface area contributed by atoms with Gasteiger partial charge < -0.3 is 14.2 Å². The van der Waals surface area contributed by atoms with Gasteiger partial charge in [-0.1, -0.05) is 283 Å². The van der Waals surface area contributed by atoms with Crippen LogP contribution in [0.15, 0.2) is 134 Å². The van der Waals surface area contributed by atoms with Crippen molar-refractivity contribution in [3.8, 4) is 0 Å². The lowest BCUT2D eigenvalue weighted by molar-refractivity contribution is -0.167. The van der Waals surface area contributed by atoms with Gasteiger partial charge in [-0.3, -0.25) is 14.4 Å². The number of allylic oxidation sites excluding steroid dienone is 22. The van der Waals surface area contributed by atoms with Crippen molar-refractivity contribution in [2.24, 2.45) is 0 Å². The summed E-state index contributed by atoms with van der Waals surface area (Å²) in [5.74, 6) is -0.909. The molecule has 0 fully saturated rings. The average Bonchev–Trinajstić information content (AvgIpc) is 3.47. The van der Waals surface area contributed by atoms with Gasteiger partial charge in [-0.15, -0.1) is 0 Å². The van der Waals surface area contributed by atoms with E-state index in [1.54, 1.807) is 0 Å². The summed E-state index contributed by atoms with van der Waals surface area (Å²) in [5, 5.41) is 0. The summed E-state index contributed by atoms with van der Waals surface area (Å²) in [6, 6.07) is 0. The van der Waals surface area contributed by atoms with E-state index in [1.165, 1.54) is 135 Å². The number of carbonyl (C=O) groups excluding carboxylic acids is 3. The Kier molecular flexibility index (Phi) is 65.3. The summed E-state index contributed by atoms with van der Waals surface area (Å²) in [5.41, 5.74) is 0. The molecule has 0 aromatic carbocycles. The Hall–Kier alpha value is -4.45. The van der Waals surface area contributed by atoms with Crippen molar-refractivity contribution in [1.29, 1.82) is 0 Å². The molecule has 0 bridgehead atoms. The third-order valence-electron chi connectivity index (χ3n) is 14.4. The van der Waals surface area contributed by atoms with E-state index in [4.69, 9.17) is 14.2 Å². The first kappa shape index (κ1) is 77.5. The Balaban J connectivity index is 4.27.